The molecular formula is C19H36O7S. The van der Waals surface area contributed by atoms with Gasteiger partial charge in [-0.1, -0.05) is 51.2 Å². The van der Waals surface area contributed by atoms with E-state index < -0.39 is 28.7 Å². The van der Waals surface area contributed by atoms with E-state index in [4.69, 9.17) is 4.55 Å². The van der Waals surface area contributed by atoms with E-state index in [9.17, 15) is 23.4 Å². The van der Waals surface area contributed by atoms with Gasteiger partial charge in [0.05, 0.1) is 6.10 Å². The van der Waals surface area contributed by atoms with Crippen molar-refractivity contribution < 1.29 is 32.2 Å². The molecule has 0 fully saturated rings. The van der Waals surface area contributed by atoms with Crippen LogP contribution in [0.2, 0.25) is 0 Å². The summed E-state index contributed by atoms with van der Waals surface area (Å²) in [6, 6.07) is 0. The Kier molecular flexibility index (Phi) is 14.7. The monoisotopic (exact) mass is 408 g/mol. The Morgan fingerprint density at radius 3 is 2.30 bits per heavy atom. The highest BCUT2D eigenvalue weighted by molar-refractivity contribution is 7.80. The number of carbonyl (C=O) groups excluding carboxylic acids is 1. The van der Waals surface area contributed by atoms with E-state index in [0.29, 0.717) is 19.3 Å². The van der Waals surface area contributed by atoms with Crippen LogP contribution in [-0.2, 0) is 19.4 Å². The number of aliphatic hydroxyl groups is 2. The van der Waals surface area contributed by atoms with Crippen molar-refractivity contribution >= 4 is 16.2 Å². The molecule has 0 aromatic rings. The first-order valence-electron chi connectivity index (χ1n) is 9.83. The molecule has 160 valence electrons. The number of unbranched alkanes of at least 4 members (excludes halogenated alkanes) is 6. The molecule has 0 aliphatic heterocycles. The smallest absolute Gasteiger partial charge is 0.390 e. The lowest BCUT2D eigenvalue weighted by Crippen LogP contribution is -2.40. The summed E-state index contributed by atoms with van der Waals surface area (Å²) in [7, 11) is -4.74. The van der Waals surface area contributed by atoms with Crippen LogP contribution in [0.25, 0.3) is 0 Å². The van der Waals surface area contributed by atoms with Crippen LogP contribution < -0.4 is 0 Å². The third-order valence-electron chi connectivity index (χ3n) is 4.31. The molecule has 27 heavy (non-hydrogen) atoms. The average Bonchev–Trinajstić information content (AvgIpc) is 2.57. The molecule has 7 nitrogen and oxygen atoms in total. The normalized spacial score (nSPS) is 15.7. The maximum atomic E-state index is 11.0. The Labute approximate surface area is 163 Å². The summed E-state index contributed by atoms with van der Waals surface area (Å²) in [6.45, 7) is 3.65. The van der Waals surface area contributed by atoms with Crippen molar-refractivity contribution in [3.63, 3.8) is 0 Å². The van der Waals surface area contributed by atoms with E-state index in [2.05, 4.69) is 11.1 Å². The quantitative estimate of drug-likeness (QED) is 0.192. The largest absolute Gasteiger partial charge is 0.397 e. The predicted octanol–water partition coefficient (Wildman–Crippen LogP) is 3.35. The van der Waals surface area contributed by atoms with Gasteiger partial charge in [0.25, 0.3) is 0 Å². The van der Waals surface area contributed by atoms with Crippen molar-refractivity contribution in [2.75, 3.05) is 0 Å². The first kappa shape index (κ1) is 26.2. The van der Waals surface area contributed by atoms with Crippen LogP contribution in [0.1, 0.15) is 84.5 Å². The summed E-state index contributed by atoms with van der Waals surface area (Å²) in [6.07, 6.45) is 7.83. The second kappa shape index (κ2) is 15.2. The van der Waals surface area contributed by atoms with Crippen molar-refractivity contribution in [1.82, 2.24) is 0 Å². The van der Waals surface area contributed by atoms with Gasteiger partial charge < -0.3 is 15.0 Å². The van der Waals surface area contributed by atoms with Gasteiger partial charge in [0.15, 0.2) is 0 Å². The number of Topliss-reactive ketones (excluding diaryl/α,β-unsaturated/α-hetero) is 1. The molecular weight excluding hydrogens is 372 g/mol. The van der Waals surface area contributed by atoms with E-state index in [1.807, 2.05) is 6.08 Å². The molecule has 3 atom stereocenters. The van der Waals surface area contributed by atoms with Crippen LogP contribution in [-0.4, -0.2) is 47.3 Å². The van der Waals surface area contributed by atoms with E-state index in [1.54, 1.807) is 13.0 Å². The second-order valence-corrected chi connectivity index (χ2v) is 8.03. The summed E-state index contributed by atoms with van der Waals surface area (Å²) in [4.78, 5) is 10.9. The Hall–Kier alpha value is -0.800. The molecule has 0 rings (SSSR count). The molecule has 0 bridgehead atoms. The van der Waals surface area contributed by atoms with Crippen LogP contribution >= 0.6 is 0 Å². The number of allylic oxidation sites excluding steroid dienone is 1. The topological polar surface area (TPSA) is 121 Å². The minimum absolute atomic E-state index is 0.0422. The van der Waals surface area contributed by atoms with Crippen molar-refractivity contribution in [2.24, 2.45) is 0 Å². The summed E-state index contributed by atoms with van der Waals surface area (Å²) < 4.78 is 35.5. The first-order chi connectivity index (χ1) is 12.7. The summed E-state index contributed by atoms with van der Waals surface area (Å²) in [5.41, 5.74) is 0. The van der Waals surface area contributed by atoms with Crippen LogP contribution in [0.15, 0.2) is 12.2 Å². The average molecular weight is 409 g/mol. The lowest BCUT2D eigenvalue weighted by molar-refractivity contribution is -0.117. The number of hydrogen-bond donors (Lipinski definition) is 3. The molecule has 0 aromatic heterocycles. The molecule has 3 N–H and O–H groups in total. The van der Waals surface area contributed by atoms with E-state index in [-0.39, 0.29) is 12.2 Å². The molecule has 0 aromatic carbocycles. The third kappa shape index (κ3) is 15.9. The highest BCUT2D eigenvalue weighted by Gasteiger charge is 2.29. The van der Waals surface area contributed by atoms with Gasteiger partial charge in [-0.25, -0.2) is 4.18 Å². The SMILES string of the molecule is CCCCCCCC(O)C(O)C(C/C=C/CCCCC(C)=O)OS(=O)(=O)O. The fourth-order valence-corrected chi connectivity index (χ4v) is 3.26. The first-order valence-corrected chi connectivity index (χ1v) is 11.2. The number of ketones is 1. The summed E-state index contributed by atoms with van der Waals surface area (Å²) in [5.74, 6) is 0.146. The molecule has 0 aliphatic rings. The molecule has 0 spiro atoms. The minimum atomic E-state index is -4.74. The van der Waals surface area contributed by atoms with Crippen LogP contribution in [0, 0.1) is 0 Å². The molecule has 0 aliphatic carbocycles. The lowest BCUT2D eigenvalue weighted by atomic mass is 9.99. The fraction of sp³-hybridized carbons (Fsp3) is 0.842. The minimum Gasteiger partial charge on any atom is -0.390 e. The van der Waals surface area contributed by atoms with Crippen molar-refractivity contribution in [3.05, 3.63) is 12.2 Å². The molecule has 0 amide bonds. The van der Waals surface area contributed by atoms with Gasteiger partial charge in [0, 0.05) is 6.42 Å². The number of rotatable bonds is 17. The van der Waals surface area contributed by atoms with Gasteiger partial charge in [-0.05, 0) is 39.0 Å². The molecule has 3 unspecified atom stereocenters. The lowest BCUT2D eigenvalue weighted by Gasteiger charge is -2.24. The Morgan fingerprint density at radius 2 is 1.70 bits per heavy atom. The number of aliphatic hydroxyl groups excluding tert-OH is 2. The Morgan fingerprint density at radius 1 is 1.04 bits per heavy atom. The van der Waals surface area contributed by atoms with E-state index in [1.165, 1.54) is 0 Å². The van der Waals surface area contributed by atoms with Crippen molar-refractivity contribution in [1.29, 1.82) is 0 Å². The molecule has 0 heterocycles. The van der Waals surface area contributed by atoms with Gasteiger partial charge in [-0.2, -0.15) is 8.42 Å². The maximum absolute atomic E-state index is 11.0. The molecule has 0 radical (unpaired) electrons. The maximum Gasteiger partial charge on any atom is 0.397 e. The number of hydrogen-bond acceptors (Lipinski definition) is 6. The van der Waals surface area contributed by atoms with Crippen LogP contribution in [0.5, 0.6) is 0 Å². The molecule has 0 saturated heterocycles. The zero-order valence-corrected chi connectivity index (χ0v) is 17.4. The van der Waals surface area contributed by atoms with Gasteiger partial charge in [0.2, 0.25) is 0 Å². The van der Waals surface area contributed by atoms with Gasteiger partial charge in [-0.15, -0.1) is 0 Å². The number of carbonyl (C=O) groups is 1. The Balaban J connectivity index is 4.45. The van der Waals surface area contributed by atoms with Gasteiger partial charge in [-0.3, -0.25) is 4.55 Å². The molecule has 8 heteroatoms. The highest BCUT2D eigenvalue weighted by Crippen LogP contribution is 2.17. The van der Waals surface area contributed by atoms with E-state index in [0.717, 1.165) is 44.9 Å². The highest BCUT2D eigenvalue weighted by atomic mass is 32.3. The van der Waals surface area contributed by atoms with Crippen molar-refractivity contribution in [3.8, 4) is 0 Å². The third-order valence-corrected chi connectivity index (χ3v) is 4.80. The van der Waals surface area contributed by atoms with Gasteiger partial charge >= 0.3 is 10.4 Å². The second-order valence-electron chi connectivity index (χ2n) is 6.98. The summed E-state index contributed by atoms with van der Waals surface area (Å²) in [5, 5.41) is 20.3. The van der Waals surface area contributed by atoms with E-state index >= 15 is 0 Å². The van der Waals surface area contributed by atoms with Crippen LogP contribution in [0.3, 0.4) is 0 Å². The summed E-state index contributed by atoms with van der Waals surface area (Å²) >= 11 is 0. The van der Waals surface area contributed by atoms with Crippen LogP contribution in [0.4, 0.5) is 0 Å². The van der Waals surface area contributed by atoms with Crippen molar-refractivity contribution in [2.45, 2.75) is 103 Å². The molecule has 0 saturated carbocycles. The zero-order chi connectivity index (χ0) is 20.7. The predicted molar refractivity (Wildman–Crippen MR) is 105 cm³/mol. The Bertz CT molecular complexity index is 516. The standard InChI is InChI=1S/C19H36O7S/c1-3-4-5-7-11-14-17(21)19(22)18(26-27(23,24)25)15-12-9-6-8-10-13-16(2)20/h9,12,17-19,21-22H,3-8,10-11,13-15H2,1-2H3,(H,23,24,25)/b12-9+. The fourth-order valence-electron chi connectivity index (χ4n) is 2.75. The zero-order valence-electron chi connectivity index (χ0n) is 16.5. The van der Waals surface area contributed by atoms with Gasteiger partial charge in [0.1, 0.15) is 18.0 Å².